The van der Waals surface area contributed by atoms with Crippen LogP contribution in [0.25, 0.3) is 0 Å². The number of hydrogen-bond acceptors (Lipinski definition) is 9. The van der Waals surface area contributed by atoms with Gasteiger partial charge in [-0.1, -0.05) is 81.1 Å². The van der Waals surface area contributed by atoms with Gasteiger partial charge in [-0.15, -0.1) is 0 Å². The highest BCUT2D eigenvalue weighted by Crippen LogP contribution is 2.32. The summed E-state index contributed by atoms with van der Waals surface area (Å²) in [6, 6.07) is 23.5. The summed E-state index contributed by atoms with van der Waals surface area (Å²) in [6.45, 7) is 8.94. The minimum atomic E-state index is -3.97. The van der Waals surface area contributed by atoms with Crippen LogP contribution in [0, 0.1) is 5.92 Å². The Morgan fingerprint density at radius 1 is 0.833 bits per heavy atom. The van der Waals surface area contributed by atoms with Crippen LogP contribution < -0.4 is 35.0 Å². The molecule has 66 heavy (non-hydrogen) atoms. The van der Waals surface area contributed by atoms with Crippen LogP contribution in [-0.4, -0.2) is 76.7 Å². The van der Waals surface area contributed by atoms with E-state index in [0.717, 1.165) is 68.3 Å². The number of carbonyl (C=O) groups excluding carboxylic acids is 3. The van der Waals surface area contributed by atoms with Crippen molar-refractivity contribution in [2.45, 2.75) is 108 Å². The van der Waals surface area contributed by atoms with Crippen LogP contribution in [0.5, 0.6) is 11.5 Å². The van der Waals surface area contributed by atoms with Gasteiger partial charge in [-0.25, -0.2) is 22.7 Å². The quantitative estimate of drug-likeness (QED) is 0.0644. The lowest BCUT2D eigenvalue weighted by molar-refractivity contribution is -0.121. The molecule has 1 aliphatic heterocycles. The molecule has 0 unspecified atom stereocenters. The molecule has 356 valence electrons. The Morgan fingerprint density at radius 2 is 1.52 bits per heavy atom. The van der Waals surface area contributed by atoms with E-state index in [2.05, 4.69) is 57.6 Å². The standard InChI is InChI=1S/C27H36N2O4.C23H28ClN3O5S/c1-4-33-25-17-20(12-13-22(25)27(31)32)18-26(30)28-23(16-19(2)3)21-10-6-7-11-24(21)29-14-8-5-9-15-29;1-32-21-12-9-17(24)15-20(21)22(28)25-14-13-16-7-10-19(11-8-16)33(30,31)27-23(29)26-18-5-3-2-4-6-18/h6-7,10-13,17,19,23H,4-5,8-9,14-16,18H2,1-3H3,(H,28,30)(H,31,32);7-12,15,18H,2-6,13-14H2,1H3,(H,25,28)(H2,26,27,29)/t23-;/m0./s1. The van der Waals surface area contributed by atoms with Crippen molar-refractivity contribution in [1.82, 2.24) is 20.7 Å². The Kier molecular flexibility index (Phi) is 19.5. The molecule has 5 N–H and O–H groups in total. The molecule has 1 heterocycles. The molecule has 6 rings (SSSR count). The summed E-state index contributed by atoms with van der Waals surface area (Å²) in [5, 5.41) is 18.6. The van der Waals surface area contributed by atoms with Crippen LogP contribution in [0.15, 0.2) is 89.8 Å². The number of nitrogens with one attached hydrogen (secondary N) is 4. The van der Waals surface area contributed by atoms with Gasteiger partial charge in [-0.2, -0.15) is 0 Å². The van der Waals surface area contributed by atoms with Gasteiger partial charge in [-0.05, 0) is 123 Å². The molecule has 4 aromatic rings. The van der Waals surface area contributed by atoms with E-state index in [9.17, 15) is 32.7 Å². The lowest BCUT2D eigenvalue weighted by atomic mass is 9.94. The molecule has 0 radical (unpaired) electrons. The maximum absolute atomic E-state index is 13.1. The second-order valence-electron chi connectivity index (χ2n) is 17.0. The van der Waals surface area contributed by atoms with E-state index in [1.807, 2.05) is 6.07 Å². The molecule has 1 saturated carbocycles. The first-order valence-corrected chi connectivity index (χ1v) is 24.7. The smallest absolute Gasteiger partial charge is 0.339 e. The third kappa shape index (κ3) is 15.4. The number of anilines is 1. The predicted molar refractivity (Wildman–Crippen MR) is 257 cm³/mol. The Morgan fingerprint density at radius 3 is 2.18 bits per heavy atom. The molecule has 2 fully saturated rings. The molecule has 1 saturated heterocycles. The zero-order valence-electron chi connectivity index (χ0n) is 38.4. The molecule has 2 aliphatic rings. The zero-order chi connectivity index (χ0) is 47.6. The van der Waals surface area contributed by atoms with Crippen molar-refractivity contribution >= 4 is 51.1 Å². The maximum Gasteiger partial charge on any atom is 0.339 e. The number of nitrogens with zero attached hydrogens (tertiary/aromatic N) is 1. The number of aromatic carboxylic acids is 1. The molecular formula is C50H64ClN5O9S. The first-order chi connectivity index (χ1) is 31.7. The topological polar surface area (TPSA) is 192 Å². The van der Waals surface area contributed by atoms with Crippen LogP contribution in [0.1, 0.15) is 122 Å². The molecule has 0 bridgehead atoms. The summed E-state index contributed by atoms with van der Waals surface area (Å²) in [5.74, 6) is -0.304. The van der Waals surface area contributed by atoms with Gasteiger partial charge in [0, 0.05) is 36.4 Å². The third-order valence-corrected chi connectivity index (χ3v) is 13.1. The van der Waals surface area contributed by atoms with Gasteiger partial charge in [0.1, 0.15) is 17.1 Å². The van der Waals surface area contributed by atoms with E-state index in [4.69, 9.17) is 21.1 Å². The molecule has 1 atom stereocenters. The number of piperidine rings is 1. The summed E-state index contributed by atoms with van der Waals surface area (Å²) in [7, 11) is -2.49. The second-order valence-corrected chi connectivity index (χ2v) is 19.1. The van der Waals surface area contributed by atoms with Gasteiger partial charge in [0.15, 0.2) is 0 Å². The molecule has 4 aromatic carbocycles. The number of hydrogen-bond donors (Lipinski definition) is 5. The van der Waals surface area contributed by atoms with Crippen LogP contribution in [-0.2, 0) is 27.7 Å². The number of urea groups is 1. The monoisotopic (exact) mass is 945 g/mol. The van der Waals surface area contributed by atoms with Crippen LogP contribution in [0.3, 0.4) is 0 Å². The number of para-hydroxylation sites is 1. The number of benzene rings is 4. The van der Waals surface area contributed by atoms with Gasteiger partial charge in [0.05, 0.1) is 36.6 Å². The van der Waals surface area contributed by atoms with E-state index < -0.39 is 22.0 Å². The van der Waals surface area contributed by atoms with Crippen molar-refractivity contribution in [3.8, 4) is 11.5 Å². The Bertz CT molecular complexity index is 2370. The van der Waals surface area contributed by atoms with Gasteiger partial charge in [0.25, 0.3) is 15.9 Å². The number of ether oxygens (including phenoxy) is 2. The fourth-order valence-corrected chi connectivity index (χ4v) is 9.34. The molecule has 4 amide bonds. The highest BCUT2D eigenvalue weighted by molar-refractivity contribution is 7.90. The van der Waals surface area contributed by atoms with Crippen molar-refractivity contribution in [2.24, 2.45) is 5.92 Å². The van der Waals surface area contributed by atoms with Crippen molar-refractivity contribution < 1.29 is 42.2 Å². The Balaban J connectivity index is 0.000000247. The van der Waals surface area contributed by atoms with Crippen molar-refractivity contribution in [1.29, 1.82) is 0 Å². The van der Waals surface area contributed by atoms with E-state index in [1.54, 1.807) is 43.3 Å². The predicted octanol–water partition coefficient (Wildman–Crippen LogP) is 8.86. The minimum absolute atomic E-state index is 0.00209. The Labute approximate surface area is 394 Å². The number of carboxylic acid groups (broad SMARTS) is 1. The zero-order valence-corrected chi connectivity index (χ0v) is 39.9. The number of amides is 4. The fourth-order valence-electron chi connectivity index (χ4n) is 8.25. The molecule has 0 aromatic heterocycles. The van der Waals surface area contributed by atoms with Crippen LogP contribution >= 0.6 is 11.6 Å². The SMILES string of the molecule is CCOc1cc(CC(=O)N[C@@H](CC(C)C)c2ccccc2N2CCCCC2)ccc1C(=O)O.COc1ccc(Cl)cc1C(=O)NCCc1ccc(S(=O)(=O)NC(=O)NC2CCCCC2)cc1. The highest BCUT2D eigenvalue weighted by atomic mass is 35.5. The third-order valence-electron chi connectivity index (χ3n) is 11.5. The van der Waals surface area contributed by atoms with E-state index in [-0.39, 0.29) is 40.8 Å². The normalized spacial score (nSPS) is 14.5. The van der Waals surface area contributed by atoms with Crippen molar-refractivity contribution in [2.75, 3.05) is 38.3 Å². The summed E-state index contributed by atoms with van der Waals surface area (Å²) >= 11 is 5.96. The molecule has 16 heteroatoms. The average molecular weight is 947 g/mol. The molecule has 1 aliphatic carbocycles. The van der Waals surface area contributed by atoms with E-state index >= 15 is 0 Å². The average Bonchev–Trinajstić information content (AvgIpc) is 3.29. The summed E-state index contributed by atoms with van der Waals surface area (Å²) < 4.78 is 37.7. The Hall–Kier alpha value is -5.80. The molecule has 14 nitrogen and oxygen atoms in total. The second kappa shape index (κ2) is 25.2. The van der Waals surface area contributed by atoms with E-state index in [1.165, 1.54) is 56.3 Å². The number of carboxylic acids is 1. The van der Waals surface area contributed by atoms with Crippen LogP contribution in [0.4, 0.5) is 10.5 Å². The first-order valence-electron chi connectivity index (χ1n) is 22.8. The number of rotatable bonds is 18. The van der Waals surface area contributed by atoms with Gasteiger partial charge < -0.3 is 35.4 Å². The number of halogens is 1. The van der Waals surface area contributed by atoms with Crippen LogP contribution in [0.2, 0.25) is 5.02 Å². The minimum Gasteiger partial charge on any atom is -0.496 e. The first kappa shape index (κ1) is 51.2. The van der Waals surface area contributed by atoms with Crippen molar-refractivity contribution in [3.63, 3.8) is 0 Å². The fraction of sp³-hybridized carbons (Fsp3) is 0.440. The lowest BCUT2D eigenvalue weighted by Gasteiger charge is -2.33. The van der Waals surface area contributed by atoms with Gasteiger partial charge in [0.2, 0.25) is 5.91 Å². The lowest BCUT2D eigenvalue weighted by Crippen LogP contribution is -2.45. The summed E-state index contributed by atoms with van der Waals surface area (Å²) in [6.07, 6.45) is 10.1. The van der Waals surface area contributed by atoms with E-state index in [0.29, 0.717) is 47.6 Å². The number of methoxy groups -OCH3 is 1. The van der Waals surface area contributed by atoms with Crippen molar-refractivity contribution in [3.05, 3.63) is 118 Å². The summed E-state index contributed by atoms with van der Waals surface area (Å²) in [4.78, 5) is 51.5. The summed E-state index contributed by atoms with van der Waals surface area (Å²) in [5.41, 5.74) is 4.39. The van der Waals surface area contributed by atoms with Gasteiger partial charge in [-0.3, -0.25) is 9.59 Å². The largest absolute Gasteiger partial charge is 0.496 e. The maximum atomic E-state index is 13.1. The highest BCUT2D eigenvalue weighted by Gasteiger charge is 2.24. The van der Waals surface area contributed by atoms with Gasteiger partial charge >= 0.3 is 12.0 Å². The molecule has 0 spiro atoms. The number of sulfonamides is 1. The molecular weight excluding hydrogens is 882 g/mol. The number of carbonyl (C=O) groups is 4.